The van der Waals surface area contributed by atoms with E-state index < -0.39 is 10.0 Å². The lowest BCUT2D eigenvalue weighted by Crippen LogP contribution is -2.13. The van der Waals surface area contributed by atoms with Gasteiger partial charge in [0.05, 0.1) is 7.11 Å². The van der Waals surface area contributed by atoms with Crippen LogP contribution in [0.4, 0.5) is 0 Å². The third kappa shape index (κ3) is 2.87. The molecule has 0 bridgehead atoms. The maximum atomic E-state index is 10.9. The fraction of sp³-hybridized carbons (Fsp3) is 0.143. The monoisotopic (exact) mass is 223 g/mol. The molecule has 0 aliphatic rings. The van der Waals surface area contributed by atoms with E-state index in [4.69, 9.17) is 9.88 Å². The van der Waals surface area contributed by atoms with Crippen LogP contribution in [-0.2, 0) is 10.0 Å². The molecule has 1 aromatic carbocycles. The van der Waals surface area contributed by atoms with Crippen LogP contribution in [0.2, 0.25) is 0 Å². The van der Waals surface area contributed by atoms with Gasteiger partial charge in [-0.25, -0.2) is 13.6 Å². The smallest absolute Gasteiger partial charge is 0.241 e. The topological polar surface area (TPSA) is 69.4 Å². The summed E-state index contributed by atoms with van der Waals surface area (Å²) in [5.41, 5.74) is 0. The Morgan fingerprint density at radius 2 is 1.85 bits per heavy atom. The Morgan fingerprint density at radius 3 is 2.23 bits per heavy atom. The third-order valence-corrected chi connectivity index (χ3v) is 2.33. The van der Waals surface area contributed by atoms with E-state index in [1.165, 1.54) is 13.2 Å². The number of sulfonamides is 1. The highest BCUT2D eigenvalue weighted by atomic mass is 35.5. The average molecular weight is 224 g/mol. The Hall–Kier alpha value is -0.780. The van der Waals surface area contributed by atoms with Gasteiger partial charge >= 0.3 is 0 Å². The molecule has 1 aromatic rings. The quantitative estimate of drug-likeness (QED) is 0.805. The van der Waals surface area contributed by atoms with Crippen LogP contribution in [0.25, 0.3) is 0 Å². The van der Waals surface area contributed by atoms with Crippen molar-refractivity contribution in [3.8, 4) is 5.75 Å². The fourth-order valence-corrected chi connectivity index (χ4v) is 1.55. The van der Waals surface area contributed by atoms with Gasteiger partial charge in [0.1, 0.15) is 10.6 Å². The standard InChI is InChI=1S/C7H9NO3S.ClH/c1-11-6-4-2-3-5-7(6)12(8,9)10;/h2-5H,1H3,(H2,8,9,10);1H. The lowest BCUT2D eigenvalue weighted by atomic mass is 10.3. The van der Waals surface area contributed by atoms with Gasteiger partial charge in [-0.15, -0.1) is 12.4 Å². The summed E-state index contributed by atoms with van der Waals surface area (Å²) in [6.45, 7) is 0. The molecule has 0 saturated carbocycles. The molecule has 0 aromatic heterocycles. The van der Waals surface area contributed by atoms with Crippen molar-refractivity contribution in [3.63, 3.8) is 0 Å². The van der Waals surface area contributed by atoms with Crippen molar-refractivity contribution in [1.29, 1.82) is 0 Å². The van der Waals surface area contributed by atoms with Crippen LogP contribution in [0.15, 0.2) is 29.2 Å². The minimum atomic E-state index is -3.67. The third-order valence-electron chi connectivity index (χ3n) is 1.38. The molecule has 0 heterocycles. The van der Waals surface area contributed by atoms with Gasteiger partial charge in [0.2, 0.25) is 10.0 Å². The first-order chi connectivity index (χ1) is 5.55. The van der Waals surface area contributed by atoms with Crippen molar-refractivity contribution < 1.29 is 13.2 Å². The minimum Gasteiger partial charge on any atom is -0.495 e. The number of rotatable bonds is 2. The second-order valence-electron chi connectivity index (χ2n) is 2.20. The SMILES string of the molecule is COc1ccccc1S(N)(=O)=O.Cl. The van der Waals surface area contributed by atoms with Crippen molar-refractivity contribution in [1.82, 2.24) is 0 Å². The number of hydrogen-bond donors (Lipinski definition) is 1. The zero-order valence-corrected chi connectivity index (χ0v) is 8.56. The Bertz CT molecular complexity index is 377. The largest absolute Gasteiger partial charge is 0.495 e. The number of halogens is 1. The van der Waals surface area contributed by atoms with Crippen molar-refractivity contribution >= 4 is 22.4 Å². The summed E-state index contributed by atoms with van der Waals surface area (Å²) in [4.78, 5) is 0.00694. The molecular formula is C7H10ClNO3S. The normalized spacial score (nSPS) is 10.3. The molecule has 0 unspecified atom stereocenters. The van der Waals surface area contributed by atoms with Crippen molar-refractivity contribution in [2.75, 3.05) is 7.11 Å². The second-order valence-corrected chi connectivity index (χ2v) is 3.73. The highest BCUT2D eigenvalue weighted by molar-refractivity contribution is 7.89. The summed E-state index contributed by atoms with van der Waals surface area (Å²) >= 11 is 0. The van der Waals surface area contributed by atoms with Crippen molar-refractivity contribution in [3.05, 3.63) is 24.3 Å². The summed E-state index contributed by atoms with van der Waals surface area (Å²) < 4.78 is 26.6. The highest BCUT2D eigenvalue weighted by Gasteiger charge is 2.12. The molecule has 0 aliphatic carbocycles. The Kier molecular flexibility index (Phi) is 4.19. The van der Waals surface area contributed by atoms with Crippen LogP contribution < -0.4 is 9.88 Å². The van der Waals surface area contributed by atoms with E-state index in [1.807, 2.05) is 0 Å². The molecule has 0 radical (unpaired) electrons. The number of hydrogen-bond acceptors (Lipinski definition) is 3. The zero-order valence-electron chi connectivity index (χ0n) is 6.93. The van der Waals surface area contributed by atoms with Gasteiger partial charge in [0, 0.05) is 0 Å². The predicted molar refractivity (Wildman–Crippen MR) is 51.6 cm³/mol. The van der Waals surface area contributed by atoms with E-state index in [9.17, 15) is 8.42 Å². The van der Waals surface area contributed by atoms with E-state index >= 15 is 0 Å². The molecular weight excluding hydrogens is 214 g/mol. The lowest BCUT2D eigenvalue weighted by molar-refractivity contribution is 0.403. The zero-order chi connectivity index (χ0) is 9.19. The first kappa shape index (κ1) is 12.2. The average Bonchev–Trinajstić information content (AvgIpc) is 2.03. The van der Waals surface area contributed by atoms with Crippen LogP contribution in [0.3, 0.4) is 0 Å². The van der Waals surface area contributed by atoms with Gasteiger partial charge in [-0.2, -0.15) is 0 Å². The second kappa shape index (κ2) is 4.45. The number of primary sulfonamides is 1. The number of para-hydroxylation sites is 1. The van der Waals surface area contributed by atoms with Gasteiger partial charge in [-0.1, -0.05) is 12.1 Å². The highest BCUT2D eigenvalue weighted by Crippen LogP contribution is 2.20. The molecule has 0 aliphatic heterocycles. The van der Waals surface area contributed by atoms with E-state index in [1.54, 1.807) is 18.2 Å². The van der Waals surface area contributed by atoms with Crippen LogP contribution >= 0.6 is 12.4 Å². The van der Waals surface area contributed by atoms with Gasteiger partial charge in [0.25, 0.3) is 0 Å². The van der Waals surface area contributed by atoms with Crippen LogP contribution in [0, 0.1) is 0 Å². The minimum absolute atomic E-state index is 0. The molecule has 74 valence electrons. The molecule has 13 heavy (non-hydrogen) atoms. The summed E-state index contributed by atoms with van der Waals surface area (Å²) in [7, 11) is -2.28. The molecule has 2 N–H and O–H groups in total. The molecule has 0 spiro atoms. The number of ether oxygens (including phenoxy) is 1. The number of nitrogens with two attached hydrogens (primary N) is 1. The number of benzene rings is 1. The maximum Gasteiger partial charge on any atom is 0.241 e. The maximum absolute atomic E-state index is 10.9. The summed E-state index contributed by atoms with van der Waals surface area (Å²) in [5.74, 6) is 0.264. The lowest BCUT2D eigenvalue weighted by Gasteiger charge is -2.04. The number of methoxy groups -OCH3 is 1. The van der Waals surface area contributed by atoms with E-state index in [0.717, 1.165) is 0 Å². The molecule has 6 heteroatoms. The molecule has 4 nitrogen and oxygen atoms in total. The summed E-state index contributed by atoms with van der Waals surface area (Å²) in [6, 6.07) is 6.20. The first-order valence-corrected chi connectivity index (χ1v) is 4.76. The van der Waals surface area contributed by atoms with Crippen molar-refractivity contribution in [2.24, 2.45) is 5.14 Å². The van der Waals surface area contributed by atoms with E-state index in [2.05, 4.69) is 0 Å². The molecule has 0 saturated heterocycles. The van der Waals surface area contributed by atoms with Gasteiger partial charge in [-0.05, 0) is 12.1 Å². The van der Waals surface area contributed by atoms with Crippen LogP contribution in [0.5, 0.6) is 5.75 Å². The fourth-order valence-electron chi connectivity index (χ4n) is 0.854. The van der Waals surface area contributed by atoms with Crippen molar-refractivity contribution in [2.45, 2.75) is 4.90 Å². The molecule has 0 amide bonds. The Morgan fingerprint density at radius 1 is 1.31 bits per heavy atom. The first-order valence-electron chi connectivity index (χ1n) is 3.21. The van der Waals surface area contributed by atoms with Gasteiger partial charge < -0.3 is 4.74 Å². The van der Waals surface area contributed by atoms with Gasteiger partial charge in [0.15, 0.2) is 0 Å². The molecule has 1 rings (SSSR count). The molecule has 0 fully saturated rings. The van der Waals surface area contributed by atoms with E-state index in [0.29, 0.717) is 0 Å². The molecule has 0 atom stereocenters. The summed E-state index contributed by atoms with van der Waals surface area (Å²) in [6.07, 6.45) is 0. The van der Waals surface area contributed by atoms with Gasteiger partial charge in [-0.3, -0.25) is 0 Å². The van der Waals surface area contributed by atoms with Crippen LogP contribution in [-0.4, -0.2) is 15.5 Å². The Labute approximate surface area is 83.2 Å². The summed E-state index contributed by atoms with van der Waals surface area (Å²) in [5, 5.41) is 4.93. The van der Waals surface area contributed by atoms with Crippen LogP contribution in [0.1, 0.15) is 0 Å². The van der Waals surface area contributed by atoms with E-state index in [-0.39, 0.29) is 23.1 Å². The Balaban J connectivity index is 0.00000144. The predicted octanol–water partition coefficient (Wildman–Crippen LogP) is 0.764.